The van der Waals surface area contributed by atoms with Gasteiger partial charge in [0.1, 0.15) is 5.75 Å². The maximum absolute atomic E-state index is 9.54. The van der Waals surface area contributed by atoms with Crippen LogP contribution < -0.4 is 5.73 Å². The van der Waals surface area contributed by atoms with Gasteiger partial charge < -0.3 is 10.8 Å². The van der Waals surface area contributed by atoms with E-state index in [0.29, 0.717) is 16.1 Å². The summed E-state index contributed by atoms with van der Waals surface area (Å²) < 4.78 is 0. The van der Waals surface area contributed by atoms with Gasteiger partial charge >= 0.3 is 0 Å². The van der Waals surface area contributed by atoms with Gasteiger partial charge in [-0.25, -0.2) is 0 Å². The summed E-state index contributed by atoms with van der Waals surface area (Å²) in [6.07, 6.45) is 0. The van der Waals surface area contributed by atoms with Gasteiger partial charge in [0.15, 0.2) is 0 Å². The van der Waals surface area contributed by atoms with E-state index >= 15 is 0 Å². The third-order valence-electron chi connectivity index (χ3n) is 1.99. The third-order valence-corrected chi connectivity index (χ3v) is 2.40. The Morgan fingerprint density at radius 1 is 1.15 bits per heavy atom. The summed E-state index contributed by atoms with van der Waals surface area (Å²) in [6.45, 7) is 0. The van der Waals surface area contributed by atoms with Crippen LogP contribution in [0.25, 0.3) is 10.8 Å². The first-order valence-electron chi connectivity index (χ1n) is 3.86. The summed E-state index contributed by atoms with van der Waals surface area (Å²) in [5.41, 5.74) is 6.09. The van der Waals surface area contributed by atoms with Crippen molar-refractivity contribution in [3.8, 4) is 5.75 Å². The first-order valence-corrected chi connectivity index (χ1v) is 4.23. The lowest BCUT2D eigenvalue weighted by Gasteiger charge is -2.04. The average Bonchev–Trinajstić information content (AvgIpc) is 2.12. The maximum atomic E-state index is 9.54. The van der Waals surface area contributed by atoms with E-state index in [-0.39, 0.29) is 5.75 Å². The van der Waals surface area contributed by atoms with Crippen LogP contribution in [0, 0.1) is 0 Å². The number of aromatic hydroxyl groups is 1. The Labute approximate surface area is 80.6 Å². The fraction of sp³-hybridized carbons (Fsp3) is 0. The highest BCUT2D eigenvalue weighted by molar-refractivity contribution is 6.38. The van der Waals surface area contributed by atoms with Crippen LogP contribution in [0.1, 0.15) is 0 Å². The average molecular weight is 194 g/mol. The van der Waals surface area contributed by atoms with Gasteiger partial charge in [0.2, 0.25) is 0 Å². The van der Waals surface area contributed by atoms with E-state index in [1.165, 1.54) is 0 Å². The summed E-state index contributed by atoms with van der Waals surface area (Å²) in [6, 6.07) is 8.79. The smallest absolute Gasteiger partial charge is 0.124 e. The van der Waals surface area contributed by atoms with Crippen molar-refractivity contribution in [2.75, 3.05) is 5.73 Å². The number of fused-ring (bicyclic) bond motifs is 1. The molecule has 2 rings (SSSR count). The molecular weight excluding hydrogens is 186 g/mol. The molecule has 0 fully saturated rings. The number of phenols is 1. The molecule has 2 aromatic carbocycles. The van der Waals surface area contributed by atoms with Crippen LogP contribution >= 0.6 is 11.6 Å². The Hall–Kier alpha value is -1.41. The molecule has 0 aliphatic carbocycles. The zero-order valence-electron chi connectivity index (χ0n) is 6.79. The molecule has 2 nitrogen and oxygen atoms in total. The zero-order valence-corrected chi connectivity index (χ0v) is 7.55. The van der Waals surface area contributed by atoms with Crippen LogP contribution in [-0.4, -0.2) is 5.11 Å². The van der Waals surface area contributed by atoms with E-state index < -0.39 is 0 Å². The van der Waals surface area contributed by atoms with E-state index in [2.05, 4.69) is 0 Å². The van der Waals surface area contributed by atoms with Gasteiger partial charge in [-0.3, -0.25) is 0 Å². The molecule has 0 heterocycles. The van der Waals surface area contributed by atoms with Crippen LogP contribution in [0.2, 0.25) is 5.02 Å². The van der Waals surface area contributed by atoms with Gasteiger partial charge in [-0.15, -0.1) is 0 Å². The van der Waals surface area contributed by atoms with Crippen molar-refractivity contribution in [2.24, 2.45) is 0 Å². The molecule has 3 heteroatoms. The predicted molar refractivity (Wildman–Crippen MR) is 55.0 cm³/mol. The zero-order chi connectivity index (χ0) is 9.42. The molecule has 0 bridgehead atoms. The molecule has 0 amide bonds. The highest BCUT2D eigenvalue weighted by Gasteiger charge is 2.05. The molecule has 0 spiro atoms. The SMILES string of the molecule is Nc1ccc2cccc(O)c2c1Cl. The number of hydrogen-bond donors (Lipinski definition) is 2. The monoisotopic (exact) mass is 193 g/mol. The second kappa shape index (κ2) is 2.82. The normalized spacial score (nSPS) is 10.5. The minimum absolute atomic E-state index is 0.162. The lowest BCUT2D eigenvalue weighted by atomic mass is 10.1. The molecule has 0 radical (unpaired) electrons. The van der Waals surface area contributed by atoms with Crippen LogP contribution in [0.3, 0.4) is 0 Å². The molecule has 0 saturated heterocycles. The van der Waals surface area contributed by atoms with E-state index in [0.717, 1.165) is 5.39 Å². The Balaban J connectivity index is 2.97. The second-order valence-electron chi connectivity index (χ2n) is 2.84. The van der Waals surface area contributed by atoms with E-state index in [1.807, 2.05) is 12.1 Å². The van der Waals surface area contributed by atoms with Crippen molar-refractivity contribution in [1.29, 1.82) is 0 Å². The first kappa shape index (κ1) is 8.20. The lowest BCUT2D eigenvalue weighted by molar-refractivity contribution is 0.481. The molecule has 13 heavy (non-hydrogen) atoms. The van der Waals surface area contributed by atoms with E-state index in [9.17, 15) is 5.11 Å². The van der Waals surface area contributed by atoms with Gasteiger partial charge in [0.05, 0.1) is 10.7 Å². The summed E-state index contributed by atoms with van der Waals surface area (Å²) >= 11 is 5.95. The van der Waals surface area contributed by atoms with Crippen molar-refractivity contribution in [1.82, 2.24) is 0 Å². The fourth-order valence-electron chi connectivity index (χ4n) is 1.33. The highest BCUT2D eigenvalue weighted by atomic mass is 35.5. The Kier molecular flexibility index (Phi) is 1.78. The number of nitrogen functional groups attached to an aromatic ring is 1. The highest BCUT2D eigenvalue weighted by Crippen LogP contribution is 2.34. The molecule has 0 aromatic heterocycles. The number of rotatable bonds is 0. The van der Waals surface area contributed by atoms with Crippen molar-refractivity contribution < 1.29 is 5.11 Å². The fourth-order valence-corrected chi connectivity index (χ4v) is 1.60. The molecular formula is C10H8ClNO. The lowest BCUT2D eigenvalue weighted by Crippen LogP contribution is -1.86. The molecule has 0 saturated carbocycles. The predicted octanol–water partition coefficient (Wildman–Crippen LogP) is 2.78. The summed E-state index contributed by atoms with van der Waals surface area (Å²) in [5.74, 6) is 0.162. The summed E-state index contributed by atoms with van der Waals surface area (Å²) in [7, 11) is 0. The topological polar surface area (TPSA) is 46.2 Å². The van der Waals surface area contributed by atoms with Crippen molar-refractivity contribution in [2.45, 2.75) is 0 Å². The Morgan fingerprint density at radius 2 is 1.92 bits per heavy atom. The minimum Gasteiger partial charge on any atom is -0.507 e. The van der Waals surface area contributed by atoms with Crippen LogP contribution in [0.4, 0.5) is 5.69 Å². The van der Waals surface area contributed by atoms with E-state index in [4.69, 9.17) is 17.3 Å². The van der Waals surface area contributed by atoms with Crippen molar-refractivity contribution in [3.05, 3.63) is 35.4 Å². The second-order valence-corrected chi connectivity index (χ2v) is 3.22. The molecule has 66 valence electrons. The maximum Gasteiger partial charge on any atom is 0.124 e. The first-order chi connectivity index (χ1) is 6.20. The standard InChI is InChI=1S/C10H8ClNO/c11-10-7(12)5-4-6-2-1-3-8(13)9(6)10/h1-5,13H,12H2. The van der Waals surface area contributed by atoms with Crippen LogP contribution in [0.15, 0.2) is 30.3 Å². The third kappa shape index (κ3) is 1.19. The van der Waals surface area contributed by atoms with Gasteiger partial charge in [-0.05, 0) is 17.5 Å². The molecule has 0 aliphatic rings. The Morgan fingerprint density at radius 3 is 2.69 bits per heavy atom. The Bertz CT molecular complexity index is 468. The molecule has 0 unspecified atom stereocenters. The minimum atomic E-state index is 0.162. The number of anilines is 1. The molecule has 3 N–H and O–H groups in total. The molecule has 2 aromatic rings. The van der Waals surface area contributed by atoms with Gasteiger partial charge in [0.25, 0.3) is 0 Å². The van der Waals surface area contributed by atoms with E-state index in [1.54, 1.807) is 18.2 Å². The number of phenolic OH excluding ortho intramolecular Hbond substituents is 1. The number of benzene rings is 2. The van der Waals surface area contributed by atoms with Gasteiger partial charge in [0, 0.05) is 5.39 Å². The largest absolute Gasteiger partial charge is 0.507 e. The quantitative estimate of drug-likeness (QED) is 0.632. The summed E-state index contributed by atoms with van der Waals surface area (Å²) in [5, 5.41) is 11.5. The van der Waals surface area contributed by atoms with Gasteiger partial charge in [-0.1, -0.05) is 29.8 Å². The van der Waals surface area contributed by atoms with Crippen LogP contribution in [0.5, 0.6) is 5.75 Å². The number of halogens is 1. The van der Waals surface area contributed by atoms with Crippen LogP contribution in [-0.2, 0) is 0 Å². The molecule has 0 aliphatic heterocycles. The number of hydrogen-bond acceptors (Lipinski definition) is 2. The van der Waals surface area contributed by atoms with Gasteiger partial charge in [-0.2, -0.15) is 0 Å². The van der Waals surface area contributed by atoms with Crippen molar-refractivity contribution in [3.63, 3.8) is 0 Å². The van der Waals surface area contributed by atoms with Crippen molar-refractivity contribution >= 4 is 28.1 Å². The number of nitrogens with two attached hydrogens (primary N) is 1. The summed E-state index contributed by atoms with van der Waals surface area (Å²) in [4.78, 5) is 0. The molecule has 0 atom stereocenters.